The Morgan fingerprint density at radius 2 is 1.75 bits per heavy atom. The number of halogens is 1. The maximum absolute atomic E-state index is 12.4. The molecule has 0 aliphatic heterocycles. The zero-order valence-corrected chi connectivity index (χ0v) is 16.6. The van der Waals surface area contributed by atoms with Crippen LogP contribution in [0.4, 0.5) is 0 Å². The number of hydrogen-bond acceptors (Lipinski definition) is 2. The van der Waals surface area contributed by atoms with Gasteiger partial charge in [-0.05, 0) is 69.1 Å². The molecule has 0 aliphatic carbocycles. The van der Waals surface area contributed by atoms with E-state index in [0.717, 1.165) is 10.9 Å². The standard InChI is InChI=1S/C21H25BrO2/c1-6-14(2)16-9-12-19(18(22)13-16)24-20(23)15-7-10-17(11-8-15)21(3,4)5/h7-14H,6H2,1-5H3. The zero-order valence-electron chi connectivity index (χ0n) is 15.0. The van der Waals surface area contributed by atoms with E-state index in [9.17, 15) is 4.79 Å². The summed E-state index contributed by atoms with van der Waals surface area (Å²) < 4.78 is 6.34. The molecular weight excluding hydrogens is 364 g/mol. The van der Waals surface area contributed by atoms with E-state index in [1.807, 2.05) is 42.5 Å². The molecule has 0 spiro atoms. The molecular formula is C21H25BrO2. The number of ether oxygens (including phenoxy) is 1. The van der Waals surface area contributed by atoms with E-state index in [-0.39, 0.29) is 11.4 Å². The van der Waals surface area contributed by atoms with E-state index in [1.54, 1.807) is 0 Å². The minimum absolute atomic E-state index is 0.0667. The fraction of sp³-hybridized carbons (Fsp3) is 0.381. The SMILES string of the molecule is CCC(C)c1ccc(OC(=O)c2ccc(C(C)(C)C)cc2)c(Br)c1. The van der Waals surface area contributed by atoms with Gasteiger partial charge in [-0.2, -0.15) is 0 Å². The van der Waals surface area contributed by atoms with Gasteiger partial charge in [0.1, 0.15) is 5.75 Å². The second kappa shape index (κ2) is 7.52. The smallest absolute Gasteiger partial charge is 0.343 e. The van der Waals surface area contributed by atoms with Crippen LogP contribution in [0.1, 0.15) is 68.4 Å². The summed E-state index contributed by atoms with van der Waals surface area (Å²) in [5, 5.41) is 0. The van der Waals surface area contributed by atoms with Crippen LogP contribution >= 0.6 is 15.9 Å². The second-order valence-corrected chi connectivity index (χ2v) is 8.07. The highest BCUT2D eigenvalue weighted by Crippen LogP contribution is 2.31. The van der Waals surface area contributed by atoms with Crippen molar-refractivity contribution in [1.29, 1.82) is 0 Å². The molecule has 0 aliphatic rings. The van der Waals surface area contributed by atoms with Crippen molar-refractivity contribution in [3.63, 3.8) is 0 Å². The Kier molecular flexibility index (Phi) is 5.87. The van der Waals surface area contributed by atoms with Gasteiger partial charge < -0.3 is 4.74 Å². The average molecular weight is 389 g/mol. The van der Waals surface area contributed by atoms with E-state index in [0.29, 0.717) is 17.2 Å². The highest BCUT2D eigenvalue weighted by atomic mass is 79.9. The van der Waals surface area contributed by atoms with Gasteiger partial charge in [-0.1, -0.05) is 52.8 Å². The van der Waals surface area contributed by atoms with Crippen molar-refractivity contribution in [2.24, 2.45) is 0 Å². The van der Waals surface area contributed by atoms with Crippen molar-refractivity contribution in [3.05, 3.63) is 63.6 Å². The summed E-state index contributed by atoms with van der Waals surface area (Å²) in [7, 11) is 0. The van der Waals surface area contributed by atoms with Gasteiger partial charge in [-0.3, -0.25) is 0 Å². The summed E-state index contributed by atoms with van der Waals surface area (Å²) in [5.74, 6) is 0.690. The first-order chi connectivity index (χ1) is 11.2. The summed E-state index contributed by atoms with van der Waals surface area (Å²) >= 11 is 3.51. The molecule has 128 valence electrons. The average Bonchev–Trinajstić information content (AvgIpc) is 2.55. The quantitative estimate of drug-likeness (QED) is 0.442. The maximum atomic E-state index is 12.4. The Labute approximate surface area is 153 Å². The van der Waals surface area contributed by atoms with Crippen LogP contribution in [0.3, 0.4) is 0 Å². The third-order valence-electron chi connectivity index (χ3n) is 4.33. The van der Waals surface area contributed by atoms with Gasteiger partial charge in [-0.25, -0.2) is 4.79 Å². The molecule has 2 aromatic carbocycles. The molecule has 2 nitrogen and oxygen atoms in total. The summed E-state index contributed by atoms with van der Waals surface area (Å²) in [6.07, 6.45) is 1.08. The highest BCUT2D eigenvalue weighted by Gasteiger charge is 2.16. The van der Waals surface area contributed by atoms with Gasteiger partial charge in [0.25, 0.3) is 0 Å². The molecule has 0 heterocycles. The Morgan fingerprint density at radius 3 is 2.25 bits per heavy atom. The molecule has 0 bridgehead atoms. The van der Waals surface area contributed by atoms with Gasteiger partial charge in [0.2, 0.25) is 0 Å². The molecule has 0 amide bonds. The Hall–Kier alpha value is -1.61. The molecule has 3 heteroatoms. The lowest BCUT2D eigenvalue weighted by Gasteiger charge is -2.19. The number of carbonyl (C=O) groups is 1. The molecule has 0 N–H and O–H groups in total. The van der Waals surface area contributed by atoms with Gasteiger partial charge >= 0.3 is 5.97 Å². The van der Waals surface area contributed by atoms with Crippen LogP contribution in [0.15, 0.2) is 46.9 Å². The second-order valence-electron chi connectivity index (χ2n) is 7.22. The third kappa shape index (κ3) is 4.47. The molecule has 0 saturated carbocycles. The Morgan fingerprint density at radius 1 is 1.12 bits per heavy atom. The lowest BCUT2D eigenvalue weighted by molar-refractivity contribution is 0.0733. The van der Waals surface area contributed by atoms with Crippen LogP contribution in [-0.4, -0.2) is 5.97 Å². The first kappa shape index (κ1) is 18.7. The van der Waals surface area contributed by atoms with Crippen LogP contribution < -0.4 is 4.74 Å². The van der Waals surface area contributed by atoms with Crippen LogP contribution in [0.25, 0.3) is 0 Å². The maximum Gasteiger partial charge on any atom is 0.343 e. The van der Waals surface area contributed by atoms with Crippen molar-refractivity contribution in [2.45, 2.75) is 52.4 Å². The first-order valence-corrected chi connectivity index (χ1v) is 9.14. The minimum Gasteiger partial charge on any atom is -0.422 e. The van der Waals surface area contributed by atoms with Gasteiger partial charge in [-0.15, -0.1) is 0 Å². The van der Waals surface area contributed by atoms with Crippen LogP contribution in [0.2, 0.25) is 0 Å². The number of hydrogen-bond donors (Lipinski definition) is 0. The fourth-order valence-electron chi connectivity index (χ4n) is 2.41. The van der Waals surface area contributed by atoms with Crippen molar-refractivity contribution in [2.75, 3.05) is 0 Å². The lowest BCUT2D eigenvalue weighted by Crippen LogP contribution is -2.13. The number of esters is 1. The molecule has 0 radical (unpaired) electrons. The summed E-state index contributed by atoms with van der Waals surface area (Å²) in [6.45, 7) is 10.8. The van der Waals surface area contributed by atoms with Gasteiger partial charge in [0, 0.05) is 0 Å². The normalized spacial score (nSPS) is 12.8. The summed E-state index contributed by atoms with van der Waals surface area (Å²) in [5.41, 5.74) is 3.05. The van der Waals surface area contributed by atoms with Crippen LogP contribution in [0.5, 0.6) is 5.75 Å². The van der Waals surface area contributed by atoms with E-state index in [1.165, 1.54) is 11.1 Å². The van der Waals surface area contributed by atoms with Crippen LogP contribution in [-0.2, 0) is 5.41 Å². The van der Waals surface area contributed by atoms with E-state index >= 15 is 0 Å². The zero-order chi connectivity index (χ0) is 17.9. The predicted octanol–water partition coefficient (Wildman–Crippen LogP) is 6.48. The Bertz CT molecular complexity index is 712. The third-order valence-corrected chi connectivity index (χ3v) is 4.95. The number of rotatable bonds is 4. The number of carbonyl (C=O) groups excluding carboxylic acids is 1. The molecule has 1 atom stereocenters. The predicted molar refractivity (Wildman–Crippen MR) is 103 cm³/mol. The first-order valence-electron chi connectivity index (χ1n) is 8.34. The molecule has 0 saturated heterocycles. The van der Waals surface area contributed by atoms with Crippen molar-refractivity contribution < 1.29 is 9.53 Å². The largest absolute Gasteiger partial charge is 0.422 e. The summed E-state index contributed by atoms with van der Waals surface area (Å²) in [4.78, 5) is 12.4. The lowest BCUT2D eigenvalue weighted by atomic mass is 9.87. The highest BCUT2D eigenvalue weighted by molar-refractivity contribution is 9.10. The van der Waals surface area contributed by atoms with E-state index in [2.05, 4.69) is 50.5 Å². The van der Waals surface area contributed by atoms with Gasteiger partial charge in [0.05, 0.1) is 10.0 Å². The molecule has 2 rings (SSSR count). The molecule has 2 aromatic rings. The molecule has 0 aromatic heterocycles. The molecule has 24 heavy (non-hydrogen) atoms. The van der Waals surface area contributed by atoms with Crippen molar-refractivity contribution in [3.8, 4) is 5.75 Å². The van der Waals surface area contributed by atoms with Crippen molar-refractivity contribution in [1.82, 2.24) is 0 Å². The van der Waals surface area contributed by atoms with Crippen LogP contribution in [0, 0.1) is 0 Å². The summed E-state index contributed by atoms with van der Waals surface area (Å²) in [6, 6.07) is 13.5. The fourth-order valence-corrected chi connectivity index (χ4v) is 2.88. The Balaban J connectivity index is 2.15. The van der Waals surface area contributed by atoms with E-state index in [4.69, 9.17) is 4.74 Å². The molecule has 1 unspecified atom stereocenters. The van der Waals surface area contributed by atoms with Gasteiger partial charge in [0.15, 0.2) is 0 Å². The molecule has 0 fully saturated rings. The minimum atomic E-state index is -0.340. The number of benzene rings is 2. The van der Waals surface area contributed by atoms with Crippen molar-refractivity contribution >= 4 is 21.9 Å². The monoisotopic (exact) mass is 388 g/mol. The van der Waals surface area contributed by atoms with E-state index < -0.39 is 0 Å². The topological polar surface area (TPSA) is 26.3 Å².